The van der Waals surface area contributed by atoms with E-state index in [2.05, 4.69) is 181 Å². The molecular weight excluding hydrogens is 867 g/mol. The number of aromatic nitrogens is 5. The summed E-state index contributed by atoms with van der Waals surface area (Å²) in [5.41, 5.74) is 15.8. The highest BCUT2D eigenvalue weighted by molar-refractivity contribution is 6.15. The first-order chi connectivity index (χ1) is 35.1. The van der Waals surface area contributed by atoms with Gasteiger partial charge in [-0.25, -0.2) is 15.0 Å². The molecule has 71 heavy (non-hydrogen) atoms. The van der Waals surface area contributed by atoms with Crippen LogP contribution >= 0.6 is 0 Å². The van der Waals surface area contributed by atoms with E-state index in [0.717, 1.165) is 72.2 Å². The summed E-state index contributed by atoms with van der Waals surface area (Å²) in [5.74, 6) is 1.78. The molecule has 6 heteroatoms. The Kier molecular flexibility index (Phi) is 11.0. The van der Waals surface area contributed by atoms with Crippen LogP contribution in [0.15, 0.2) is 229 Å². The number of rotatable bonds is 8. The molecule has 9 aromatic carbocycles. The van der Waals surface area contributed by atoms with Crippen LogP contribution in [0.4, 0.5) is 0 Å². The summed E-state index contributed by atoms with van der Waals surface area (Å²) < 4.78 is 11.5. The van der Waals surface area contributed by atoms with Crippen LogP contribution in [-0.2, 0) is 0 Å². The topological polar surface area (TPSA) is 61.7 Å². The SMILES string of the molecule is C/C=C\C(=C/C)n1c2ccccc2c2cc(-c3ccc4c(c3)c3cc(-c5ccc6oc7c(-c8nc(-c9ccccc9)nc(-c9ccccc9)n8)cccc7c6c5)ccc3n4-c3ccccc3)ccc21.CC. The second-order valence-corrected chi connectivity index (χ2v) is 17.5. The summed E-state index contributed by atoms with van der Waals surface area (Å²) in [6, 6.07) is 72.9. The van der Waals surface area contributed by atoms with Gasteiger partial charge in [0.25, 0.3) is 0 Å². The predicted octanol–water partition coefficient (Wildman–Crippen LogP) is 17.8. The van der Waals surface area contributed by atoms with Crippen molar-refractivity contribution in [2.45, 2.75) is 27.7 Å². The lowest BCUT2D eigenvalue weighted by atomic mass is 9.98. The Balaban J connectivity index is 0.00000256. The minimum absolute atomic E-state index is 0.561. The zero-order valence-corrected chi connectivity index (χ0v) is 40.0. The molecule has 13 rings (SSSR count). The van der Waals surface area contributed by atoms with Crippen molar-refractivity contribution in [3.05, 3.63) is 224 Å². The van der Waals surface area contributed by atoms with Crippen molar-refractivity contribution in [3.8, 4) is 62.1 Å². The summed E-state index contributed by atoms with van der Waals surface area (Å²) in [4.78, 5) is 15.0. The molecule has 0 saturated heterocycles. The van der Waals surface area contributed by atoms with Gasteiger partial charge in [-0.05, 0) is 115 Å². The molecule has 340 valence electrons. The summed E-state index contributed by atoms with van der Waals surface area (Å²) in [5, 5.41) is 6.89. The highest BCUT2D eigenvalue weighted by atomic mass is 16.3. The third kappa shape index (κ3) is 7.40. The van der Waals surface area contributed by atoms with E-state index in [1.54, 1.807) is 0 Å². The molecular formula is C65H49N5O. The van der Waals surface area contributed by atoms with Crippen molar-refractivity contribution in [1.82, 2.24) is 24.1 Å². The molecule has 0 N–H and O–H groups in total. The highest BCUT2D eigenvalue weighted by Crippen LogP contribution is 2.42. The van der Waals surface area contributed by atoms with E-state index in [0.29, 0.717) is 17.5 Å². The predicted molar refractivity (Wildman–Crippen MR) is 298 cm³/mol. The molecule has 0 unspecified atom stereocenters. The number of hydrogen-bond acceptors (Lipinski definition) is 4. The van der Waals surface area contributed by atoms with Crippen LogP contribution < -0.4 is 0 Å². The molecule has 0 amide bonds. The second-order valence-electron chi connectivity index (χ2n) is 17.5. The van der Waals surface area contributed by atoms with Gasteiger partial charge in [-0.1, -0.05) is 159 Å². The van der Waals surface area contributed by atoms with Gasteiger partial charge < -0.3 is 13.6 Å². The lowest BCUT2D eigenvalue weighted by Crippen LogP contribution is -2.00. The van der Waals surface area contributed by atoms with Gasteiger partial charge >= 0.3 is 0 Å². The molecule has 0 spiro atoms. The first kappa shape index (κ1) is 43.2. The number of para-hydroxylation sites is 3. The van der Waals surface area contributed by atoms with E-state index in [1.807, 2.05) is 80.6 Å². The fraction of sp³-hybridized carbons (Fsp3) is 0.0615. The van der Waals surface area contributed by atoms with Crippen molar-refractivity contribution in [3.63, 3.8) is 0 Å². The van der Waals surface area contributed by atoms with Crippen LogP contribution in [0.25, 0.3) is 133 Å². The number of allylic oxidation sites excluding steroid dienone is 4. The molecule has 6 nitrogen and oxygen atoms in total. The number of furan rings is 1. The lowest BCUT2D eigenvalue weighted by Gasteiger charge is -2.10. The van der Waals surface area contributed by atoms with Gasteiger partial charge in [0.2, 0.25) is 0 Å². The molecule has 0 aliphatic rings. The van der Waals surface area contributed by atoms with E-state index >= 15 is 0 Å². The summed E-state index contributed by atoms with van der Waals surface area (Å²) in [6.07, 6.45) is 6.46. The molecule has 0 radical (unpaired) electrons. The zero-order valence-electron chi connectivity index (χ0n) is 40.0. The maximum Gasteiger partial charge on any atom is 0.167 e. The number of benzene rings is 9. The molecule has 0 saturated carbocycles. The molecule has 0 atom stereocenters. The smallest absolute Gasteiger partial charge is 0.167 e. The molecule has 0 fully saturated rings. The first-order valence-corrected chi connectivity index (χ1v) is 24.4. The summed E-state index contributed by atoms with van der Waals surface area (Å²) in [6.45, 7) is 8.17. The van der Waals surface area contributed by atoms with Crippen LogP contribution in [0.2, 0.25) is 0 Å². The van der Waals surface area contributed by atoms with E-state index in [-0.39, 0.29) is 0 Å². The fourth-order valence-electron chi connectivity index (χ4n) is 10.2. The number of hydrogen-bond donors (Lipinski definition) is 0. The summed E-state index contributed by atoms with van der Waals surface area (Å²) in [7, 11) is 0. The molecule has 4 heterocycles. The zero-order chi connectivity index (χ0) is 48.0. The first-order valence-electron chi connectivity index (χ1n) is 24.4. The maximum absolute atomic E-state index is 6.72. The Hall–Kier alpha value is -9.13. The van der Waals surface area contributed by atoms with Gasteiger partial charge in [-0.2, -0.15) is 0 Å². The average Bonchev–Trinajstić information content (AvgIpc) is 4.10. The summed E-state index contributed by atoms with van der Waals surface area (Å²) >= 11 is 0. The Morgan fingerprint density at radius 3 is 1.48 bits per heavy atom. The molecule has 13 aromatic rings. The van der Waals surface area contributed by atoms with E-state index < -0.39 is 0 Å². The van der Waals surface area contributed by atoms with E-state index in [4.69, 9.17) is 19.4 Å². The highest BCUT2D eigenvalue weighted by Gasteiger charge is 2.20. The van der Waals surface area contributed by atoms with Crippen LogP contribution in [0.5, 0.6) is 0 Å². The third-order valence-electron chi connectivity index (χ3n) is 13.4. The monoisotopic (exact) mass is 915 g/mol. The van der Waals surface area contributed by atoms with Crippen LogP contribution in [0.1, 0.15) is 27.7 Å². The van der Waals surface area contributed by atoms with Crippen molar-refractivity contribution in [2.75, 3.05) is 0 Å². The molecule has 0 bridgehead atoms. The van der Waals surface area contributed by atoms with E-state index in [1.165, 1.54) is 43.7 Å². The van der Waals surface area contributed by atoms with Gasteiger partial charge in [-0.3, -0.25) is 0 Å². The Morgan fingerprint density at radius 2 is 0.887 bits per heavy atom. The van der Waals surface area contributed by atoms with Gasteiger partial charge in [-0.15, -0.1) is 0 Å². The van der Waals surface area contributed by atoms with Gasteiger partial charge in [0.1, 0.15) is 11.2 Å². The standard InChI is InChI=1S/C63H43N5O.C2H6/c1-3-17-46(4-2)67-55-27-15-14-24-48(55)51-36-42(28-32-56(51)67)43-29-33-57-52(37-43)53-38-44(30-34-58(53)68(57)47-22-12-7-13-23-47)45-31-35-59-54(39-45)49-25-16-26-50(60(49)69-59)63-65-61(40-18-8-5-9-19-40)64-62(66-63)41-20-10-6-11-21-41;1-2/h3-39H,1-2H3;1-2H3/b17-3-,46-4+;. The van der Waals surface area contributed by atoms with Crippen molar-refractivity contribution in [1.29, 1.82) is 0 Å². The van der Waals surface area contributed by atoms with Crippen LogP contribution in [0, 0.1) is 0 Å². The van der Waals surface area contributed by atoms with Crippen molar-refractivity contribution in [2.24, 2.45) is 0 Å². The van der Waals surface area contributed by atoms with Gasteiger partial charge in [0.05, 0.1) is 27.6 Å². The number of fused-ring (bicyclic) bond motifs is 9. The Bertz CT molecular complexity index is 4140. The molecule has 4 aromatic heterocycles. The maximum atomic E-state index is 6.72. The van der Waals surface area contributed by atoms with Crippen molar-refractivity contribution >= 4 is 71.2 Å². The third-order valence-corrected chi connectivity index (χ3v) is 13.4. The largest absolute Gasteiger partial charge is 0.455 e. The minimum Gasteiger partial charge on any atom is -0.455 e. The lowest BCUT2D eigenvalue weighted by molar-refractivity contribution is 0.669. The second kappa shape index (κ2) is 18.1. The molecule has 0 aliphatic heterocycles. The van der Waals surface area contributed by atoms with E-state index in [9.17, 15) is 0 Å². The van der Waals surface area contributed by atoms with Crippen LogP contribution in [-0.4, -0.2) is 24.1 Å². The fourth-order valence-corrected chi connectivity index (χ4v) is 10.2. The normalized spacial score (nSPS) is 12.0. The van der Waals surface area contributed by atoms with Crippen molar-refractivity contribution < 1.29 is 4.42 Å². The Labute approximate surface area is 412 Å². The van der Waals surface area contributed by atoms with Crippen LogP contribution in [0.3, 0.4) is 0 Å². The Morgan fingerprint density at radius 1 is 0.408 bits per heavy atom. The molecule has 0 aliphatic carbocycles. The minimum atomic E-state index is 0.561. The quantitative estimate of drug-likeness (QED) is 0.143. The van der Waals surface area contributed by atoms with Gasteiger partial charge in [0.15, 0.2) is 17.5 Å². The average molecular weight is 916 g/mol. The number of nitrogens with zero attached hydrogens (tertiary/aromatic N) is 5. The van der Waals surface area contributed by atoms with Gasteiger partial charge in [0, 0.05) is 54.8 Å².